The van der Waals surface area contributed by atoms with Crippen LogP contribution in [0.2, 0.25) is 0 Å². The molecule has 1 saturated heterocycles. The molecule has 0 aromatic carbocycles. The maximum Gasteiger partial charge on any atom is 0.490 e. The number of H-pyrrole nitrogens is 1. The molecule has 1 aliphatic rings. The molecule has 0 saturated carbocycles. The molecule has 1 aliphatic heterocycles. The van der Waals surface area contributed by atoms with Crippen LogP contribution in [0.3, 0.4) is 0 Å². The van der Waals surface area contributed by atoms with Crippen LogP contribution in [0.25, 0.3) is 0 Å². The minimum atomic E-state index is -5.83. The highest BCUT2D eigenvalue weighted by atomic mass is 32.1. The average Bonchev–Trinajstić information content (AvgIpc) is 2.72. The Kier molecular flexibility index (Phi) is 7.44. The third-order valence-corrected chi connectivity index (χ3v) is 7.95. The summed E-state index contributed by atoms with van der Waals surface area (Å²) in [6.07, 6.45) is -2.77. The zero-order chi connectivity index (χ0) is 23.1. The summed E-state index contributed by atoms with van der Waals surface area (Å²) in [5.41, 5.74) is -0.612. The fraction of sp³-hybridized carbons (Fsp3) is 0.600. The first-order valence-corrected chi connectivity index (χ1v) is 12.5. The highest BCUT2D eigenvalue weighted by Crippen LogP contribution is 2.68. The number of ether oxygens (including phenoxy) is 1. The second kappa shape index (κ2) is 8.71. The lowest BCUT2D eigenvalue weighted by Crippen LogP contribution is -2.38. The van der Waals surface area contributed by atoms with Crippen LogP contribution in [-0.2, 0) is 31.6 Å². The highest BCUT2D eigenvalue weighted by Gasteiger charge is 2.58. The summed E-state index contributed by atoms with van der Waals surface area (Å²) in [4.78, 5) is 49.4. The van der Waals surface area contributed by atoms with Gasteiger partial charge in [-0.1, -0.05) is 0 Å². The molecule has 172 valence electrons. The van der Waals surface area contributed by atoms with E-state index < -0.39 is 59.7 Å². The van der Waals surface area contributed by atoms with Gasteiger partial charge in [0.25, 0.3) is 5.56 Å². The van der Waals surface area contributed by atoms with Crippen molar-refractivity contribution in [1.29, 1.82) is 0 Å². The number of aromatic nitrogens is 2. The number of phosphoric ester groups is 1. The molecule has 1 fully saturated rings. The van der Waals surface area contributed by atoms with Crippen LogP contribution in [-0.4, -0.2) is 52.8 Å². The van der Waals surface area contributed by atoms with Gasteiger partial charge in [-0.2, -0.15) is 8.62 Å². The maximum absolute atomic E-state index is 14.9. The average molecular weight is 516 g/mol. The third kappa shape index (κ3) is 6.20. The quantitative estimate of drug-likeness (QED) is 0.204. The lowest BCUT2D eigenvalue weighted by atomic mass is 9.98. The SMILES string of the molecule is C[C@]1(OP(=O)(O)OP(=O)(O)OP(=O)(O)O)O[C@@H](n2ccc(=O)[nH]c2=S)[C@@H](F)C1CO. The molecule has 0 amide bonds. The van der Waals surface area contributed by atoms with Crippen LogP contribution < -0.4 is 5.56 Å². The molecular formula is C10H16FN2O13P3S. The first-order chi connectivity index (χ1) is 13.5. The topological polar surface area (TPSA) is 227 Å². The van der Waals surface area contributed by atoms with Gasteiger partial charge in [-0.05, 0) is 19.1 Å². The summed E-state index contributed by atoms with van der Waals surface area (Å²) in [6.45, 7) is -0.130. The molecule has 0 radical (unpaired) electrons. The van der Waals surface area contributed by atoms with Crippen LogP contribution in [0.5, 0.6) is 0 Å². The Labute approximate surface area is 171 Å². The lowest BCUT2D eigenvalue weighted by Gasteiger charge is -2.30. The minimum absolute atomic E-state index is 0.297. The van der Waals surface area contributed by atoms with Gasteiger partial charge in [-0.3, -0.25) is 18.9 Å². The van der Waals surface area contributed by atoms with Crippen LogP contribution in [0, 0.1) is 10.7 Å². The standard InChI is InChI=1S/C10H16FN2O13P3S/c1-10(24-28(19,20)26-29(21,22)25-27(16,17)18)5(4-14)7(11)8(23-10)13-3-2-6(15)12-9(13)30/h2-3,5,7-8,14H,4H2,1H3,(H,19,20)(H,21,22)(H,12,15,30)(H2,16,17,18)/t5?,7-,8+,10+/m0/s1. The number of hydrogen-bond donors (Lipinski definition) is 6. The van der Waals surface area contributed by atoms with Crippen molar-refractivity contribution in [2.24, 2.45) is 5.92 Å². The molecule has 0 spiro atoms. The number of aliphatic hydroxyl groups is 1. The van der Waals surface area contributed by atoms with Crippen molar-refractivity contribution in [3.63, 3.8) is 0 Å². The number of aromatic amines is 1. The normalized spacial score (nSPS) is 31.2. The summed E-state index contributed by atoms with van der Waals surface area (Å²) < 4.78 is 66.7. The number of alkyl halides is 1. The lowest BCUT2D eigenvalue weighted by molar-refractivity contribution is -0.205. The molecule has 2 rings (SSSR count). The number of aliphatic hydroxyl groups excluding tert-OH is 1. The Bertz CT molecular complexity index is 1060. The monoisotopic (exact) mass is 516 g/mol. The zero-order valence-corrected chi connectivity index (χ0v) is 18.2. The van der Waals surface area contributed by atoms with Gasteiger partial charge in [-0.15, -0.1) is 0 Å². The molecule has 0 bridgehead atoms. The van der Waals surface area contributed by atoms with Crippen molar-refractivity contribution in [3.8, 4) is 0 Å². The Balaban J connectivity index is 2.31. The van der Waals surface area contributed by atoms with Crippen LogP contribution in [0.4, 0.5) is 4.39 Å². The first-order valence-electron chi connectivity index (χ1n) is 7.57. The molecule has 1 aromatic heterocycles. The van der Waals surface area contributed by atoms with Crippen molar-refractivity contribution in [1.82, 2.24) is 9.55 Å². The van der Waals surface area contributed by atoms with Gasteiger partial charge in [0.1, 0.15) is 0 Å². The molecule has 6 atom stereocenters. The van der Waals surface area contributed by atoms with Gasteiger partial charge in [0.15, 0.2) is 23.0 Å². The van der Waals surface area contributed by atoms with E-state index in [0.717, 1.165) is 23.8 Å². The zero-order valence-electron chi connectivity index (χ0n) is 14.7. The molecule has 6 N–H and O–H groups in total. The Hall–Kier alpha value is -0.640. The van der Waals surface area contributed by atoms with E-state index in [9.17, 15) is 37.8 Å². The summed E-state index contributed by atoms with van der Waals surface area (Å²) in [7, 11) is -17.1. The summed E-state index contributed by atoms with van der Waals surface area (Å²) in [5.74, 6) is -4.16. The second-order valence-electron chi connectivity index (χ2n) is 5.96. The van der Waals surface area contributed by atoms with Gasteiger partial charge >= 0.3 is 23.5 Å². The van der Waals surface area contributed by atoms with E-state index in [1.54, 1.807) is 0 Å². The highest BCUT2D eigenvalue weighted by molar-refractivity contribution is 7.71. The van der Waals surface area contributed by atoms with Crippen LogP contribution >= 0.6 is 35.7 Å². The summed E-state index contributed by atoms with van der Waals surface area (Å²) in [5, 5.41) is 9.50. The molecule has 2 heterocycles. The Morgan fingerprint density at radius 2 is 1.87 bits per heavy atom. The molecule has 3 unspecified atom stereocenters. The predicted molar refractivity (Wildman–Crippen MR) is 94.8 cm³/mol. The molecule has 20 heteroatoms. The number of phosphoric acid groups is 3. The third-order valence-electron chi connectivity index (χ3n) is 3.72. The van der Waals surface area contributed by atoms with E-state index in [0.29, 0.717) is 0 Å². The molecule has 15 nitrogen and oxygen atoms in total. The summed E-state index contributed by atoms with van der Waals surface area (Å²) >= 11 is 4.88. The summed E-state index contributed by atoms with van der Waals surface area (Å²) in [6, 6.07) is 0.970. The van der Waals surface area contributed by atoms with E-state index in [1.807, 2.05) is 0 Å². The van der Waals surface area contributed by atoms with E-state index in [2.05, 4.69) is 18.1 Å². The molecule has 1 aromatic rings. The van der Waals surface area contributed by atoms with Gasteiger partial charge in [0.2, 0.25) is 0 Å². The van der Waals surface area contributed by atoms with E-state index in [1.165, 1.54) is 0 Å². The molecular weight excluding hydrogens is 500 g/mol. The van der Waals surface area contributed by atoms with E-state index in [-0.39, 0.29) is 4.77 Å². The fourth-order valence-electron chi connectivity index (χ4n) is 2.60. The fourth-order valence-corrected chi connectivity index (χ4v) is 6.14. The Morgan fingerprint density at radius 3 is 2.37 bits per heavy atom. The smallest absolute Gasteiger partial charge is 0.396 e. The second-order valence-corrected chi connectivity index (χ2v) is 10.7. The molecule has 0 aliphatic carbocycles. The van der Waals surface area contributed by atoms with Gasteiger partial charge in [-0.25, -0.2) is 18.1 Å². The largest absolute Gasteiger partial charge is 0.490 e. The minimum Gasteiger partial charge on any atom is -0.396 e. The van der Waals surface area contributed by atoms with E-state index in [4.69, 9.17) is 26.7 Å². The number of hydrogen-bond acceptors (Lipinski definition) is 10. The van der Waals surface area contributed by atoms with Crippen molar-refractivity contribution in [3.05, 3.63) is 27.4 Å². The number of halogens is 1. The number of rotatable bonds is 8. The number of nitrogens with zero attached hydrogens (tertiary/aromatic N) is 1. The predicted octanol–water partition coefficient (Wildman–Crippen LogP) is 0.441. The van der Waals surface area contributed by atoms with Crippen molar-refractivity contribution in [2.75, 3.05) is 6.61 Å². The van der Waals surface area contributed by atoms with Crippen LogP contribution in [0.15, 0.2) is 17.1 Å². The Morgan fingerprint density at radius 1 is 1.27 bits per heavy atom. The van der Waals surface area contributed by atoms with Crippen LogP contribution in [0.1, 0.15) is 13.2 Å². The van der Waals surface area contributed by atoms with E-state index >= 15 is 0 Å². The molecule has 30 heavy (non-hydrogen) atoms. The van der Waals surface area contributed by atoms with Crippen molar-refractivity contribution in [2.45, 2.75) is 25.1 Å². The van der Waals surface area contributed by atoms with Gasteiger partial charge in [0.05, 0.1) is 12.5 Å². The maximum atomic E-state index is 14.9. The van der Waals surface area contributed by atoms with Gasteiger partial charge < -0.3 is 29.4 Å². The van der Waals surface area contributed by atoms with Gasteiger partial charge in [0, 0.05) is 12.3 Å². The van der Waals surface area contributed by atoms with Crippen molar-refractivity contribution < 1.29 is 60.6 Å². The number of nitrogens with one attached hydrogen (secondary N) is 1. The van der Waals surface area contributed by atoms with Crippen molar-refractivity contribution >= 4 is 35.7 Å². The first kappa shape index (κ1) is 25.6.